The quantitative estimate of drug-likeness (QED) is 0.473. The second-order valence-electron chi connectivity index (χ2n) is 8.13. The summed E-state index contributed by atoms with van der Waals surface area (Å²) in [5.74, 6) is 0.490. The van der Waals surface area contributed by atoms with Crippen LogP contribution in [0.4, 0.5) is 24.7 Å². The summed E-state index contributed by atoms with van der Waals surface area (Å²) in [5.41, 5.74) is 0.652. The molecule has 1 fully saturated rings. The van der Waals surface area contributed by atoms with Gasteiger partial charge in [-0.15, -0.1) is 0 Å². The lowest BCUT2D eigenvalue weighted by Gasteiger charge is -2.33. The molecule has 0 atom stereocenters. The van der Waals surface area contributed by atoms with Crippen molar-refractivity contribution in [3.05, 3.63) is 72.6 Å². The van der Waals surface area contributed by atoms with E-state index in [9.17, 15) is 18.0 Å². The van der Waals surface area contributed by atoms with Crippen molar-refractivity contribution in [2.24, 2.45) is 5.92 Å². The summed E-state index contributed by atoms with van der Waals surface area (Å²) in [4.78, 5) is 23.7. The molecule has 1 aliphatic rings. The highest BCUT2D eigenvalue weighted by atomic mass is 19.4. The standard InChI is InChI=1S/C24H21F3N6O/c25-24(26,27)18-8-4-5-9-19(18)30-22(34)17-10-12-32(13-11-17)21-14-20(16-6-2-1-3-7-16)31-23-28-15-29-33(21)23/h1-9,14-15,17H,10-13H2,(H,30,34). The van der Waals surface area contributed by atoms with E-state index in [2.05, 4.69) is 25.3 Å². The zero-order chi connectivity index (χ0) is 23.7. The van der Waals surface area contributed by atoms with Gasteiger partial charge in [0, 0.05) is 30.6 Å². The Hall–Kier alpha value is -3.95. The highest BCUT2D eigenvalue weighted by Crippen LogP contribution is 2.35. The third-order valence-corrected chi connectivity index (χ3v) is 5.98. The second kappa shape index (κ2) is 8.77. The van der Waals surface area contributed by atoms with Gasteiger partial charge in [0.1, 0.15) is 12.1 Å². The van der Waals surface area contributed by atoms with Gasteiger partial charge in [-0.25, -0.2) is 4.98 Å². The van der Waals surface area contributed by atoms with E-state index in [1.807, 2.05) is 36.4 Å². The zero-order valence-electron chi connectivity index (χ0n) is 18.0. The molecule has 0 bridgehead atoms. The van der Waals surface area contributed by atoms with Gasteiger partial charge in [0.15, 0.2) is 0 Å². The van der Waals surface area contributed by atoms with Crippen molar-refractivity contribution < 1.29 is 18.0 Å². The number of nitrogens with zero attached hydrogens (tertiary/aromatic N) is 5. The van der Waals surface area contributed by atoms with Crippen molar-refractivity contribution in [1.29, 1.82) is 0 Å². The number of halogens is 3. The maximum absolute atomic E-state index is 13.3. The molecule has 0 radical (unpaired) electrons. The van der Waals surface area contributed by atoms with Crippen LogP contribution in [0.5, 0.6) is 0 Å². The Morgan fingerprint density at radius 3 is 2.44 bits per heavy atom. The van der Waals surface area contributed by atoms with Crippen molar-refractivity contribution in [3.63, 3.8) is 0 Å². The molecule has 1 amide bonds. The molecule has 0 spiro atoms. The van der Waals surface area contributed by atoms with Gasteiger partial charge in [0.2, 0.25) is 5.91 Å². The third kappa shape index (κ3) is 4.30. The Morgan fingerprint density at radius 1 is 1.00 bits per heavy atom. The Bertz CT molecular complexity index is 1310. The summed E-state index contributed by atoms with van der Waals surface area (Å²) >= 11 is 0. The third-order valence-electron chi connectivity index (χ3n) is 5.98. The van der Waals surface area contributed by atoms with Crippen LogP contribution in [0.1, 0.15) is 18.4 Å². The van der Waals surface area contributed by atoms with Crippen LogP contribution in [0.3, 0.4) is 0 Å². The number of amides is 1. The van der Waals surface area contributed by atoms with Gasteiger partial charge >= 0.3 is 6.18 Å². The minimum atomic E-state index is -4.53. The minimum absolute atomic E-state index is 0.214. The van der Waals surface area contributed by atoms with Crippen LogP contribution < -0.4 is 10.2 Å². The van der Waals surface area contributed by atoms with Crippen molar-refractivity contribution >= 4 is 23.2 Å². The minimum Gasteiger partial charge on any atom is -0.356 e. The van der Waals surface area contributed by atoms with E-state index in [-0.39, 0.29) is 11.6 Å². The van der Waals surface area contributed by atoms with Gasteiger partial charge in [-0.1, -0.05) is 42.5 Å². The maximum Gasteiger partial charge on any atom is 0.418 e. The number of fused-ring (bicyclic) bond motifs is 1. The van der Waals surface area contributed by atoms with E-state index in [1.54, 1.807) is 4.52 Å². The number of alkyl halides is 3. The number of nitrogens with one attached hydrogen (secondary N) is 1. The van der Waals surface area contributed by atoms with Crippen LogP contribution in [-0.2, 0) is 11.0 Å². The molecule has 7 nitrogen and oxygen atoms in total. The fraction of sp³-hybridized carbons (Fsp3) is 0.250. The average molecular weight is 466 g/mol. The Labute approximate surface area is 193 Å². The summed E-state index contributed by atoms with van der Waals surface area (Å²) < 4.78 is 41.4. The number of para-hydroxylation sites is 1. The molecular weight excluding hydrogens is 445 g/mol. The van der Waals surface area contributed by atoms with Crippen LogP contribution in [0.15, 0.2) is 67.0 Å². The average Bonchev–Trinajstić information content (AvgIpc) is 3.33. The van der Waals surface area contributed by atoms with E-state index in [1.165, 1.54) is 24.5 Å². The van der Waals surface area contributed by atoms with E-state index in [0.29, 0.717) is 31.7 Å². The summed E-state index contributed by atoms with van der Waals surface area (Å²) in [5, 5.41) is 6.77. The van der Waals surface area contributed by atoms with Crippen molar-refractivity contribution in [2.75, 3.05) is 23.3 Å². The molecule has 1 saturated heterocycles. The molecule has 1 N–H and O–H groups in total. The number of carbonyl (C=O) groups is 1. The number of aromatic nitrogens is 4. The monoisotopic (exact) mass is 466 g/mol. The first-order chi connectivity index (χ1) is 16.4. The molecule has 1 aliphatic heterocycles. The zero-order valence-corrected chi connectivity index (χ0v) is 18.0. The van der Waals surface area contributed by atoms with Crippen LogP contribution in [-0.4, -0.2) is 38.6 Å². The molecule has 5 rings (SSSR count). The molecule has 34 heavy (non-hydrogen) atoms. The van der Waals surface area contributed by atoms with Gasteiger partial charge in [0.25, 0.3) is 5.78 Å². The van der Waals surface area contributed by atoms with Crippen molar-refractivity contribution in [2.45, 2.75) is 19.0 Å². The van der Waals surface area contributed by atoms with E-state index in [4.69, 9.17) is 0 Å². The van der Waals surface area contributed by atoms with Crippen LogP contribution in [0.25, 0.3) is 17.0 Å². The molecule has 0 saturated carbocycles. The first kappa shape index (κ1) is 21.9. The first-order valence-corrected chi connectivity index (χ1v) is 10.9. The summed E-state index contributed by atoms with van der Waals surface area (Å²) in [6.07, 6.45) is -2.09. The molecule has 10 heteroatoms. The summed E-state index contributed by atoms with van der Waals surface area (Å²) in [7, 11) is 0. The summed E-state index contributed by atoms with van der Waals surface area (Å²) in [6, 6.07) is 16.7. The van der Waals surface area contributed by atoms with Gasteiger partial charge in [-0.2, -0.15) is 27.8 Å². The van der Waals surface area contributed by atoms with Gasteiger partial charge in [-0.3, -0.25) is 4.79 Å². The topological polar surface area (TPSA) is 75.4 Å². The number of rotatable bonds is 4. The molecule has 0 unspecified atom stereocenters. The molecule has 0 aliphatic carbocycles. The lowest BCUT2D eigenvalue weighted by atomic mass is 9.95. The molecule has 3 heterocycles. The molecule has 2 aromatic carbocycles. The number of hydrogen-bond donors (Lipinski definition) is 1. The number of piperidine rings is 1. The van der Waals surface area contributed by atoms with Crippen molar-refractivity contribution in [3.8, 4) is 11.3 Å². The van der Waals surface area contributed by atoms with E-state index >= 15 is 0 Å². The lowest BCUT2D eigenvalue weighted by Crippen LogP contribution is -2.39. The fourth-order valence-corrected chi connectivity index (χ4v) is 4.22. The van der Waals surface area contributed by atoms with Crippen LogP contribution >= 0.6 is 0 Å². The predicted molar refractivity (Wildman–Crippen MR) is 121 cm³/mol. The largest absolute Gasteiger partial charge is 0.418 e. The Balaban J connectivity index is 1.32. The molecule has 174 valence electrons. The Kier molecular flexibility index (Phi) is 5.64. The summed E-state index contributed by atoms with van der Waals surface area (Å²) in [6.45, 7) is 1.10. The first-order valence-electron chi connectivity index (χ1n) is 10.9. The number of carbonyl (C=O) groups excluding carboxylic acids is 1. The normalized spacial score (nSPS) is 15.0. The number of anilines is 2. The van der Waals surface area contributed by atoms with Crippen molar-refractivity contribution in [1.82, 2.24) is 19.6 Å². The maximum atomic E-state index is 13.3. The van der Waals surface area contributed by atoms with Gasteiger partial charge < -0.3 is 10.2 Å². The smallest absolute Gasteiger partial charge is 0.356 e. The molecule has 4 aromatic rings. The molecule has 2 aromatic heterocycles. The highest BCUT2D eigenvalue weighted by molar-refractivity contribution is 5.93. The van der Waals surface area contributed by atoms with Gasteiger partial charge in [0.05, 0.1) is 16.9 Å². The van der Waals surface area contributed by atoms with E-state index < -0.39 is 17.6 Å². The fourth-order valence-electron chi connectivity index (χ4n) is 4.22. The van der Waals surface area contributed by atoms with Gasteiger partial charge in [-0.05, 0) is 25.0 Å². The highest BCUT2D eigenvalue weighted by Gasteiger charge is 2.34. The number of benzene rings is 2. The Morgan fingerprint density at radius 2 is 1.71 bits per heavy atom. The van der Waals surface area contributed by atoms with Crippen LogP contribution in [0.2, 0.25) is 0 Å². The lowest BCUT2D eigenvalue weighted by molar-refractivity contribution is -0.137. The molecular formula is C24H21F3N6O. The van der Waals surface area contributed by atoms with E-state index in [0.717, 1.165) is 23.1 Å². The second-order valence-corrected chi connectivity index (χ2v) is 8.13. The SMILES string of the molecule is O=C(Nc1ccccc1C(F)(F)F)C1CCN(c2cc(-c3ccccc3)nc3ncnn23)CC1. The predicted octanol–water partition coefficient (Wildman–Crippen LogP) is 4.67. The number of hydrogen-bond acceptors (Lipinski definition) is 5. The van der Waals surface area contributed by atoms with Crippen LogP contribution in [0, 0.1) is 5.92 Å².